The van der Waals surface area contributed by atoms with Crippen molar-refractivity contribution in [3.8, 4) is 0 Å². The Morgan fingerprint density at radius 2 is 2.11 bits per heavy atom. The van der Waals surface area contributed by atoms with E-state index in [2.05, 4.69) is 25.9 Å². The Morgan fingerprint density at radius 1 is 1.17 bits per heavy atom. The van der Waals surface area contributed by atoms with Gasteiger partial charge in [-0.2, -0.15) is 0 Å². The Labute approximate surface area is 107 Å². The molecule has 0 amide bonds. The lowest BCUT2D eigenvalue weighted by atomic mass is 10.1. The molecule has 3 rings (SSSR count). The van der Waals surface area contributed by atoms with Gasteiger partial charge in [0, 0.05) is 18.9 Å². The van der Waals surface area contributed by atoms with Crippen LogP contribution in [-0.2, 0) is 0 Å². The van der Waals surface area contributed by atoms with E-state index in [1.807, 2.05) is 37.5 Å². The smallest absolute Gasteiger partial charge is 0.132 e. The highest BCUT2D eigenvalue weighted by molar-refractivity contribution is 5.42. The quantitative estimate of drug-likeness (QED) is 0.809. The first-order chi connectivity index (χ1) is 8.84. The normalized spacial score (nSPS) is 19.2. The minimum Gasteiger partial charge on any atom is -0.348 e. The topological polar surface area (TPSA) is 41.9 Å². The average molecular weight is 240 g/mol. The van der Waals surface area contributed by atoms with Gasteiger partial charge in [-0.3, -0.25) is 4.98 Å². The maximum absolute atomic E-state index is 4.52. The largest absolute Gasteiger partial charge is 0.348 e. The van der Waals surface area contributed by atoms with Gasteiger partial charge in [0.2, 0.25) is 0 Å². The fourth-order valence-corrected chi connectivity index (χ4v) is 2.53. The fraction of sp³-hybridized carbons (Fsp3) is 0.357. The van der Waals surface area contributed by atoms with Crippen LogP contribution >= 0.6 is 0 Å². The molecule has 0 spiro atoms. The van der Waals surface area contributed by atoms with Crippen LogP contribution in [0, 0.1) is 6.92 Å². The minimum atomic E-state index is 0.348. The fourth-order valence-electron chi connectivity index (χ4n) is 2.53. The first-order valence-electron chi connectivity index (χ1n) is 6.32. The van der Waals surface area contributed by atoms with Crippen LogP contribution in [-0.4, -0.2) is 21.5 Å². The Kier molecular flexibility index (Phi) is 2.92. The van der Waals surface area contributed by atoms with Gasteiger partial charge in [-0.25, -0.2) is 9.97 Å². The molecule has 0 N–H and O–H groups in total. The van der Waals surface area contributed by atoms with E-state index in [1.165, 1.54) is 6.42 Å². The van der Waals surface area contributed by atoms with Crippen molar-refractivity contribution in [2.24, 2.45) is 0 Å². The van der Waals surface area contributed by atoms with Gasteiger partial charge < -0.3 is 4.90 Å². The molecule has 4 nitrogen and oxygen atoms in total. The minimum absolute atomic E-state index is 0.348. The number of rotatable bonds is 2. The van der Waals surface area contributed by atoms with Gasteiger partial charge in [-0.05, 0) is 38.0 Å². The van der Waals surface area contributed by atoms with Crippen molar-refractivity contribution in [3.05, 3.63) is 48.2 Å². The predicted molar refractivity (Wildman–Crippen MR) is 70.3 cm³/mol. The summed E-state index contributed by atoms with van der Waals surface area (Å²) in [5.41, 5.74) is 1.13. The molecule has 3 heterocycles. The summed E-state index contributed by atoms with van der Waals surface area (Å²) >= 11 is 0. The van der Waals surface area contributed by atoms with E-state index >= 15 is 0 Å². The lowest BCUT2D eigenvalue weighted by Gasteiger charge is -2.25. The third-order valence-corrected chi connectivity index (χ3v) is 3.34. The summed E-state index contributed by atoms with van der Waals surface area (Å²) in [6.07, 6.45) is 6.01. The summed E-state index contributed by atoms with van der Waals surface area (Å²) in [7, 11) is 0. The van der Waals surface area contributed by atoms with E-state index in [1.54, 1.807) is 0 Å². The highest BCUT2D eigenvalue weighted by atomic mass is 15.2. The van der Waals surface area contributed by atoms with E-state index in [9.17, 15) is 0 Å². The summed E-state index contributed by atoms with van der Waals surface area (Å²) in [6, 6.07) is 8.42. The van der Waals surface area contributed by atoms with Crippen molar-refractivity contribution in [3.63, 3.8) is 0 Å². The molecule has 2 aromatic heterocycles. The van der Waals surface area contributed by atoms with Crippen molar-refractivity contribution in [2.45, 2.75) is 25.8 Å². The number of aryl methyl sites for hydroxylation is 1. The first-order valence-corrected chi connectivity index (χ1v) is 6.32. The van der Waals surface area contributed by atoms with Gasteiger partial charge in [-0.15, -0.1) is 0 Å². The molecule has 0 bridgehead atoms. The average Bonchev–Trinajstić information content (AvgIpc) is 2.89. The number of anilines is 1. The number of nitrogens with zero attached hydrogens (tertiary/aromatic N) is 4. The molecule has 0 unspecified atom stereocenters. The van der Waals surface area contributed by atoms with Crippen LogP contribution in [0.1, 0.15) is 30.4 Å². The van der Waals surface area contributed by atoms with Gasteiger partial charge in [0.25, 0.3) is 0 Å². The molecular formula is C14H16N4. The number of aromatic nitrogens is 3. The second-order valence-electron chi connectivity index (χ2n) is 4.57. The number of pyridine rings is 1. The SMILES string of the molecule is Cc1nccc(N2CCC[C@@H]2c2ccccn2)n1. The zero-order valence-corrected chi connectivity index (χ0v) is 10.5. The molecule has 92 valence electrons. The van der Waals surface area contributed by atoms with E-state index in [0.29, 0.717) is 6.04 Å². The maximum atomic E-state index is 4.52. The summed E-state index contributed by atoms with van der Waals surface area (Å²) in [5.74, 6) is 1.83. The van der Waals surface area contributed by atoms with Crippen LogP contribution in [0.5, 0.6) is 0 Å². The Bertz CT molecular complexity index is 526. The second kappa shape index (κ2) is 4.72. The third kappa shape index (κ3) is 2.06. The van der Waals surface area contributed by atoms with Gasteiger partial charge in [0.15, 0.2) is 0 Å². The molecule has 0 radical (unpaired) electrons. The van der Waals surface area contributed by atoms with E-state index in [0.717, 1.165) is 30.3 Å². The van der Waals surface area contributed by atoms with Crippen molar-refractivity contribution >= 4 is 5.82 Å². The van der Waals surface area contributed by atoms with E-state index in [4.69, 9.17) is 0 Å². The van der Waals surface area contributed by atoms with Crippen LogP contribution in [0.3, 0.4) is 0 Å². The zero-order valence-electron chi connectivity index (χ0n) is 10.5. The molecule has 0 saturated carbocycles. The van der Waals surface area contributed by atoms with Crippen LogP contribution in [0.15, 0.2) is 36.7 Å². The van der Waals surface area contributed by atoms with Crippen LogP contribution in [0.25, 0.3) is 0 Å². The highest BCUT2D eigenvalue weighted by Gasteiger charge is 2.27. The second-order valence-corrected chi connectivity index (χ2v) is 4.57. The molecule has 0 aromatic carbocycles. The summed E-state index contributed by atoms with van der Waals surface area (Å²) in [5, 5.41) is 0. The molecule has 0 aliphatic carbocycles. The Morgan fingerprint density at radius 3 is 2.89 bits per heavy atom. The maximum Gasteiger partial charge on any atom is 0.132 e. The molecule has 1 fully saturated rings. The lowest BCUT2D eigenvalue weighted by Crippen LogP contribution is -2.24. The Balaban J connectivity index is 1.92. The van der Waals surface area contributed by atoms with Gasteiger partial charge in [0.05, 0.1) is 11.7 Å². The Hall–Kier alpha value is -1.97. The molecule has 18 heavy (non-hydrogen) atoms. The van der Waals surface area contributed by atoms with Crippen LogP contribution in [0.2, 0.25) is 0 Å². The number of hydrogen-bond acceptors (Lipinski definition) is 4. The van der Waals surface area contributed by atoms with Gasteiger partial charge in [0.1, 0.15) is 11.6 Å². The van der Waals surface area contributed by atoms with Crippen LogP contribution in [0.4, 0.5) is 5.82 Å². The van der Waals surface area contributed by atoms with Crippen LogP contribution < -0.4 is 4.90 Å². The molecule has 1 aliphatic rings. The highest BCUT2D eigenvalue weighted by Crippen LogP contribution is 2.33. The summed E-state index contributed by atoms with van der Waals surface area (Å²) in [4.78, 5) is 15.5. The van der Waals surface area contributed by atoms with Crippen molar-refractivity contribution in [1.29, 1.82) is 0 Å². The third-order valence-electron chi connectivity index (χ3n) is 3.34. The molecular weight excluding hydrogens is 224 g/mol. The molecule has 4 heteroatoms. The van der Waals surface area contributed by atoms with Crippen molar-refractivity contribution in [1.82, 2.24) is 15.0 Å². The zero-order chi connectivity index (χ0) is 12.4. The molecule has 2 aromatic rings. The first kappa shape index (κ1) is 11.1. The molecule has 1 aliphatic heterocycles. The number of hydrogen-bond donors (Lipinski definition) is 0. The summed E-state index contributed by atoms with van der Waals surface area (Å²) in [6.45, 7) is 2.97. The van der Waals surface area contributed by atoms with E-state index in [-0.39, 0.29) is 0 Å². The standard InChI is InChI=1S/C14H16N4/c1-11-15-9-7-14(17-11)18-10-4-6-13(18)12-5-2-3-8-16-12/h2-3,5,7-9,13H,4,6,10H2,1H3/t13-/m1/s1. The van der Waals surface area contributed by atoms with Crippen molar-refractivity contribution in [2.75, 3.05) is 11.4 Å². The monoisotopic (exact) mass is 240 g/mol. The van der Waals surface area contributed by atoms with E-state index < -0.39 is 0 Å². The predicted octanol–water partition coefficient (Wildman–Crippen LogP) is 2.52. The lowest BCUT2D eigenvalue weighted by molar-refractivity contribution is 0.686. The van der Waals surface area contributed by atoms with Gasteiger partial charge >= 0.3 is 0 Å². The molecule has 1 atom stereocenters. The van der Waals surface area contributed by atoms with Gasteiger partial charge in [-0.1, -0.05) is 6.07 Å². The van der Waals surface area contributed by atoms with Crippen molar-refractivity contribution < 1.29 is 0 Å². The summed E-state index contributed by atoms with van der Waals surface area (Å²) < 4.78 is 0. The molecule has 1 saturated heterocycles.